The van der Waals surface area contributed by atoms with Gasteiger partial charge in [-0.05, 0) is 32.1 Å². The van der Waals surface area contributed by atoms with Gasteiger partial charge >= 0.3 is 5.97 Å². The van der Waals surface area contributed by atoms with Gasteiger partial charge in [0.2, 0.25) is 0 Å². The summed E-state index contributed by atoms with van der Waals surface area (Å²) in [4.78, 5) is 14.6. The average Bonchev–Trinajstić information content (AvgIpc) is 2.81. The lowest BCUT2D eigenvalue weighted by atomic mass is 10.1. The highest BCUT2D eigenvalue weighted by Crippen LogP contribution is 2.22. The molecular weight excluding hydrogens is 260 g/mol. The van der Waals surface area contributed by atoms with Crippen LogP contribution in [0.2, 0.25) is 0 Å². The summed E-state index contributed by atoms with van der Waals surface area (Å²) in [5.74, 6) is 0.462. The van der Waals surface area contributed by atoms with Gasteiger partial charge in [-0.15, -0.1) is 0 Å². The van der Waals surface area contributed by atoms with Crippen molar-refractivity contribution >= 4 is 12.0 Å². The standard InChI is InChI=1S/C14H14N2O4/c1-9-3-5-12(11(7-9)4-6-14(17)18)19-8-13-15-10(2)16-20-13/h3-7H,8H2,1-2H3,(H,17,18). The Bertz CT molecular complexity index is 646. The fraction of sp³-hybridized carbons (Fsp3) is 0.214. The van der Waals surface area contributed by atoms with E-state index in [4.69, 9.17) is 14.4 Å². The third kappa shape index (κ3) is 3.68. The molecule has 0 aliphatic heterocycles. The van der Waals surface area contributed by atoms with Gasteiger partial charge in [0.05, 0.1) is 0 Å². The topological polar surface area (TPSA) is 85.5 Å². The Morgan fingerprint density at radius 2 is 2.25 bits per heavy atom. The molecule has 0 amide bonds. The molecule has 0 aliphatic carbocycles. The minimum absolute atomic E-state index is 0.137. The number of aliphatic carboxylic acids is 1. The number of carboxylic acid groups (broad SMARTS) is 1. The Morgan fingerprint density at radius 1 is 1.45 bits per heavy atom. The van der Waals surface area contributed by atoms with Gasteiger partial charge in [0.1, 0.15) is 5.75 Å². The smallest absolute Gasteiger partial charge is 0.328 e. The van der Waals surface area contributed by atoms with Crippen LogP contribution in [-0.4, -0.2) is 21.2 Å². The summed E-state index contributed by atoms with van der Waals surface area (Å²) >= 11 is 0. The molecule has 1 N–H and O–H groups in total. The number of aryl methyl sites for hydroxylation is 2. The number of hydrogen-bond acceptors (Lipinski definition) is 5. The van der Waals surface area contributed by atoms with Gasteiger partial charge in [-0.1, -0.05) is 16.8 Å². The number of nitrogens with zero attached hydrogens (tertiary/aromatic N) is 2. The third-order valence-electron chi connectivity index (χ3n) is 2.49. The number of ether oxygens (including phenoxy) is 1. The van der Waals surface area contributed by atoms with Crippen LogP contribution in [-0.2, 0) is 11.4 Å². The van der Waals surface area contributed by atoms with E-state index >= 15 is 0 Å². The van der Waals surface area contributed by atoms with E-state index in [1.54, 1.807) is 13.0 Å². The Labute approximate surface area is 115 Å². The van der Waals surface area contributed by atoms with E-state index in [1.165, 1.54) is 6.08 Å². The molecule has 0 unspecified atom stereocenters. The Kier molecular flexibility index (Phi) is 4.14. The average molecular weight is 274 g/mol. The first-order chi connectivity index (χ1) is 9.54. The summed E-state index contributed by atoms with van der Waals surface area (Å²) in [5, 5.41) is 12.4. The second kappa shape index (κ2) is 6.01. The first kappa shape index (κ1) is 13.8. The maximum atomic E-state index is 10.6. The van der Waals surface area contributed by atoms with E-state index in [0.29, 0.717) is 23.0 Å². The highest BCUT2D eigenvalue weighted by molar-refractivity contribution is 5.85. The normalized spacial score (nSPS) is 10.9. The number of aromatic nitrogens is 2. The van der Waals surface area contributed by atoms with Crippen molar-refractivity contribution in [2.75, 3.05) is 0 Å². The van der Waals surface area contributed by atoms with Crippen LogP contribution in [0.1, 0.15) is 22.8 Å². The molecule has 0 spiro atoms. The number of carboxylic acids is 1. The van der Waals surface area contributed by atoms with Crippen molar-refractivity contribution in [3.05, 3.63) is 47.1 Å². The second-order valence-corrected chi connectivity index (χ2v) is 4.24. The first-order valence-corrected chi connectivity index (χ1v) is 5.98. The van der Waals surface area contributed by atoms with Crippen molar-refractivity contribution in [3.8, 4) is 5.75 Å². The van der Waals surface area contributed by atoms with Crippen molar-refractivity contribution in [3.63, 3.8) is 0 Å². The molecule has 0 saturated carbocycles. The number of carbonyl (C=O) groups is 1. The monoisotopic (exact) mass is 274 g/mol. The van der Waals surface area contributed by atoms with Crippen LogP contribution in [0.15, 0.2) is 28.8 Å². The van der Waals surface area contributed by atoms with Gasteiger partial charge in [0.15, 0.2) is 12.4 Å². The summed E-state index contributed by atoms with van der Waals surface area (Å²) in [7, 11) is 0. The zero-order chi connectivity index (χ0) is 14.5. The minimum atomic E-state index is -1.01. The van der Waals surface area contributed by atoms with Crippen molar-refractivity contribution in [2.24, 2.45) is 0 Å². The van der Waals surface area contributed by atoms with Crippen molar-refractivity contribution in [1.82, 2.24) is 10.1 Å². The largest absolute Gasteiger partial charge is 0.483 e. The molecule has 1 heterocycles. The Hall–Kier alpha value is -2.63. The van der Waals surface area contributed by atoms with Crippen LogP contribution in [0, 0.1) is 13.8 Å². The van der Waals surface area contributed by atoms with Crippen molar-refractivity contribution in [1.29, 1.82) is 0 Å². The molecule has 6 nitrogen and oxygen atoms in total. The van der Waals surface area contributed by atoms with Gasteiger partial charge in [0.25, 0.3) is 5.89 Å². The molecule has 2 aromatic rings. The van der Waals surface area contributed by atoms with E-state index in [0.717, 1.165) is 11.6 Å². The summed E-state index contributed by atoms with van der Waals surface area (Å²) in [5.41, 5.74) is 1.69. The van der Waals surface area contributed by atoms with Crippen LogP contribution in [0.5, 0.6) is 5.75 Å². The molecule has 2 rings (SSSR count). The molecule has 0 aliphatic rings. The lowest BCUT2D eigenvalue weighted by molar-refractivity contribution is -0.131. The van der Waals surface area contributed by atoms with Crippen LogP contribution < -0.4 is 4.74 Å². The first-order valence-electron chi connectivity index (χ1n) is 5.98. The van der Waals surface area contributed by atoms with Gasteiger partial charge in [-0.3, -0.25) is 0 Å². The highest BCUT2D eigenvalue weighted by atomic mass is 16.5. The quantitative estimate of drug-likeness (QED) is 0.842. The second-order valence-electron chi connectivity index (χ2n) is 4.24. The fourth-order valence-electron chi connectivity index (χ4n) is 1.63. The molecule has 0 fully saturated rings. The third-order valence-corrected chi connectivity index (χ3v) is 2.49. The summed E-state index contributed by atoms with van der Waals surface area (Å²) in [6, 6.07) is 5.50. The predicted octanol–water partition coefficient (Wildman–Crippen LogP) is 2.36. The maximum absolute atomic E-state index is 10.6. The number of benzene rings is 1. The van der Waals surface area contributed by atoms with E-state index in [2.05, 4.69) is 10.1 Å². The number of rotatable bonds is 5. The van der Waals surface area contributed by atoms with E-state index < -0.39 is 5.97 Å². The van der Waals surface area contributed by atoms with Crippen molar-refractivity contribution < 1.29 is 19.2 Å². The fourth-order valence-corrected chi connectivity index (χ4v) is 1.63. The lowest BCUT2D eigenvalue weighted by Crippen LogP contribution is -1.98. The van der Waals surface area contributed by atoms with Crippen LogP contribution in [0.25, 0.3) is 6.08 Å². The molecular formula is C14H14N2O4. The van der Waals surface area contributed by atoms with E-state index in [-0.39, 0.29) is 6.61 Å². The van der Waals surface area contributed by atoms with Crippen molar-refractivity contribution in [2.45, 2.75) is 20.5 Å². The SMILES string of the molecule is Cc1ccc(OCc2nc(C)no2)c(C=CC(=O)O)c1. The summed E-state index contributed by atoms with van der Waals surface area (Å²) in [6.45, 7) is 3.78. The Balaban J connectivity index is 2.15. The van der Waals surface area contributed by atoms with Crippen LogP contribution in [0.4, 0.5) is 0 Å². The molecule has 0 bridgehead atoms. The molecule has 0 radical (unpaired) electrons. The van der Waals surface area contributed by atoms with Crippen LogP contribution >= 0.6 is 0 Å². The number of hydrogen-bond donors (Lipinski definition) is 1. The van der Waals surface area contributed by atoms with Gasteiger partial charge in [-0.25, -0.2) is 4.79 Å². The Morgan fingerprint density at radius 3 is 2.90 bits per heavy atom. The minimum Gasteiger partial charge on any atom is -0.483 e. The van der Waals surface area contributed by atoms with Gasteiger partial charge in [0, 0.05) is 11.6 Å². The lowest BCUT2D eigenvalue weighted by Gasteiger charge is -2.08. The van der Waals surface area contributed by atoms with Crippen LogP contribution in [0.3, 0.4) is 0 Å². The zero-order valence-corrected chi connectivity index (χ0v) is 11.2. The highest BCUT2D eigenvalue weighted by Gasteiger charge is 2.06. The van der Waals surface area contributed by atoms with Gasteiger partial charge in [-0.2, -0.15) is 4.98 Å². The molecule has 20 heavy (non-hydrogen) atoms. The molecule has 104 valence electrons. The maximum Gasteiger partial charge on any atom is 0.328 e. The molecule has 1 aromatic heterocycles. The molecule has 0 saturated heterocycles. The zero-order valence-electron chi connectivity index (χ0n) is 11.2. The van der Waals surface area contributed by atoms with Gasteiger partial charge < -0.3 is 14.4 Å². The van der Waals surface area contributed by atoms with E-state index in [1.807, 2.05) is 19.1 Å². The molecule has 6 heteroatoms. The molecule has 1 aromatic carbocycles. The summed E-state index contributed by atoms with van der Waals surface area (Å²) in [6.07, 6.45) is 2.56. The summed E-state index contributed by atoms with van der Waals surface area (Å²) < 4.78 is 10.5. The molecule has 0 atom stereocenters. The van der Waals surface area contributed by atoms with E-state index in [9.17, 15) is 4.79 Å². The predicted molar refractivity (Wildman–Crippen MR) is 71.2 cm³/mol.